The minimum atomic E-state index is -0.203. The summed E-state index contributed by atoms with van der Waals surface area (Å²) in [6.07, 6.45) is 11.9. The first kappa shape index (κ1) is 27.3. The molecule has 2 unspecified atom stereocenters. The van der Waals surface area contributed by atoms with Crippen LogP contribution in [0.2, 0.25) is 0 Å². The van der Waals surface area contributed by atoms with Crippen LogP contribution in [0, 0.1) is 11.8 Å². The zero-order chi connectivity index (χ0) is 24.4. The normalized spacial score (nSPS) is 13.8. The fourth-order valence-electron chi connectivity index (χ4n) is 5.14. The second kappa shape index (κ2) is 13.1. The van der Waals surface area contributed by atoms with Crippen molar-refractivity contribution >= 4 is 0 Å². The fraction of sp³-hybridized carbons (Fsp3) is 0.613. The monoisotopic (exact) mass is 452 g/mol. The van der Waals surface area contributed by atoms with Crippen LogP contribution in [0.1, 0.15) is 115 Å². The highest BCUT2D eigenvalue weighted by Gasteiger charge is 2.28. The van der Waals surface area contributed by atoms with Gasteiger partial charge >= 0.3 is 0 Å². The molecule has 0 radical (unpaired) electrons. The summed E-state index contributed by atoms with van der Waals surface area (Å²) >= 11 is 0. The first-order valence-corrected chi connectivity index (χ1v) is 13.3. The molecule has 2 rings (SSSR count). The second-order valence-corrected chi connectivity index (χ2v) is 10.9. The highest BCUT2D eigenvalue weighted by molar-refractivity contribution is 5.49. The zero-order valence-corrected chi connectivity index (χ0v) is 22.1. The van der Waals surface area contributed by atoms with Crippen molar-refractivity contribution in [2.75, 3.05) is 0 Å². The average Bonchev–Trinajstić information content (AvgIpc) is 2.78. The molecular formula is C31H48O2. The van der Waals surface area contributed by atoms with Crippen LogP contribution in [0.5, 0.6) is 11.5 Å². The van der Waals surface area contributed by atoms with E-state index in [1.54, 1.807) is 0 Å². The van der Waals surface area contributed by atoms with E-state index < -0.39 is 0 Å². The second-order valence-electron chi connectivity index (χ2n) is 10.9. The number of benzene rings is 2. The van der Waals surface area contributed by atoms with Gasteiger partial charge in [0.15, 0.2) is 0 Å². The molecule has 2 N–H and O–H groups in total. The molecule has 0 heterocycles. The molecule has 2 nitrogen and oxygen atoms in total. The van der Waals surface area contributed by atoms with E-state index in [1.165, 1.54) is 60.8 Å². The largest absolute Gasteiger partial charge is 0.508 e. The summed E-state index contributed by atoms with van der Waals surface area (Å²) in [5.74, 6) is 2.08. The molecule has 2 aromatic carbocycles. The van der Waals surface area contributed by atoms with Crippen molar-refractivity contribution in [2.24, 2.45) is 11.8 Å². The van der Waals surface area contributed by atoms with E-state index in [-0.39, 0.29) is 5.41 Å². The third kappa shape index (κ3) is 8.09. The molecule has 184 valence electrons. The molecule has 0 bridgehead atoms. The van der Waals surface area contributed by atoms with E-state index in [9.17, 15) is 10.2 Å². The number of unbranched alkanes of at least 4 members (excludes halogenated alkanes) is 2. The van der Waals surface area contributed by atoms with Gasteiger partial charge in [-0.2, -0.15) is 0 Å². The van der Waals surface area contributed by atoms with E-state index >= 15 is 0 Å². The molecule has 0 aliphatic rings. The number of phenols is 2. The van der Waals surface area contributed by atoms with Gasteiger partial charge in [0.05, 0.1) is 0 Å². The minimum absolute atomic E-state index is 0.203. The molecule has 0 aliphatic heterocycles. The molecule has 2 aromatic rings. The van der Waals surface area contributed by atoms with Crippen molar-refractivity contribution < 1.29 is 10.2 Å². The molecule has 33 heavy (non-hydrogen) atoms. The Hall–Kier alpha value is -1.96. The van der Waals surface area contributed by atoms with Crippen LogP contribution in [-0.4, -0.2) is 10.2 Å². The number of aryl methyl sites for hydroxylation is 2. The van der Waals surface area contributed by atoms with Crippen LogP contribution in [-0.2, 0) is 18.3 Å². The summed E-state index contributed by atoms with van der Waals surface area (Å²) in [4.78, 5) is 0. The topological polar surface area (TPSA) is 40.5 Å². The first-order chi connectivity index (χ1) is 15.7. The van der Waals surface area contributed by atoms with Crippen LogP contribution in [0.25, 0.3) is 0 Å². The highest BCUT2D eigenvalue weighted by Crippen LogP contribution is 2.39. The Morgan fingerprint density at radius 1 is 0.667 bits per heavy atom. The van der Waals surface area contributed by atoms with Gasteiger partial charge in [0.1, 0.15) is 11.5 Å². The van der Waals surface area contributed by atoms with E-state index in [2.05, 4.69) is 53.7 Å². The van der Waals surface area contributed by atoms with Gasteiger partial charge in [-0.1, -0.05) is 92.2 Å². The lowest BCUT2D eigenvalue weighted by atomic mass is 9.72. The summed E-state index contributed by atoms with van der Waals surface area (Å²) in [5, 5.41) is 20.5. The third-order valence-corrected chi connectivity index (χ3v) is 7.44. The van der Waals surface area contributed by atoms with E-state index in [0.29, 0.717) is 23.3 Å². The van der Waals surface area contributed by atoms with E-state index in [0.717, 1.165) is 25.7 Å². The highest BCUT2D eigenvalue weighted by atomic mass is 16.3. The van der Waals surface area contributed by atoms with Crippen molar-refractivity contribution in [1.82, 2.24) is 0 Å². The lowest BCUT2D eigenvalue weighted by molar-refractivity contribution is 0.458. The molecule has 0 saturated carbocycles. The van der Waals surface area contributed by atoms with Crippen molar-refractivity contribution in [3.05, 3.63) is 58.7 Å². The third-order valence-electron chi connectivity index (χ3n) is 7.44. The molecular weight excluding hydrogens is 404 g/mol. The van der Waals surface area contributed by atoms with Gasteiger partial charge in [0.2, 0.25) is 0 Å². The van der Waals surface area contributed by atoms with Crippen molar-refractivity contribution in [3.63, 3.8) is 0 Å². The maximum atomic E-state index is 10.3. The van der Waals surface area contributed by atoms with Crippen molar-refractivity contribution in [3.8, 4) is 11.5 Å². The summed E-state index contributed by atoms with van der Waals surface area (Å²) in [6.45, 7) is 13.8. The molecule has 0 aromatic heterocycles. The fourth-order valence-corrected chi connectivity index (χ4v) is 5.14. The Balaban J connectivity index is 2.31. The average molecular weight is 453 g/mol. The zero-order valence-electron chi connectivity index (χ0n) is 22.1. The lowest BCUT2D eigenvalue weighted by Gasteiger charge is -2.31. The predicted octanol–water partition coefficient (Wildman–Crippen LogP) is 8.94. The SMILES string of the molecule is CCCCC(C)CCc1cc(O)ccc1C(C)(C)c1ccc(O)cc1CCC(C)CCCC. The Labute approximate surface area is 203 Å². The Morgan fingerprint density at radius 2 is 1.06 bits per heavy atom. The first-order valence-electron chi connectivity index (χ1n) is 13.3. The molecule has 0 spiro atoms. The van der Waals surface area contributed by atoms with Crippen LogP contribution in [0.3, 0.4) is 0 Å². The quantitative estimate of drug-likeness (QED) is 0.300. The summed E-state index contributed by atoms with van der Waals surface area (Å²) < 4.78 is 0. The van der Waals surface area contributed by atoms with E-state index in [1.807, 2.05) is 24.3 Å². The standard InChI is InChI=1S/C31H48O2/c1-7-9-11-23(3)13-15-25-21-27(32)17-19-29(25)31(5,6)30-20-18-28(33)22-26(30)16-14-24(4)12-10-8-2/h17-24,32-33H,7-16H2,1-6H3. The summed E-state index contributed by atoms with van der Waals surface area (Å²) in [6, 6.07) is 11.8. The van der Waals surface area contributed by atoms with Crippen LogP contribution in [0.15, 0.2) is 36.4 Å². The van der Waals surface area contributed by atoms with Crippen molar-refractivity contribution in [2.45, 2.75) is 111 Å². The van der Waals surface area contributed by atoms with Gasteiger partial charge in [0, 0.05) is 5.41 Å². The number of hydrogen-bond donors (Lipinski definition) is 2. The summed E-state index contributed by atoms with van der Waals surface area (Å²) in [7, 11) is 0. The van der Waals surface area contributed by atoms with E-state index in [4.69, 9.17) is 0 Å². The molecule has 2 heteroatoms. The van der Waals surface area contributed by atoms with Gasteiger partial charge in [-0.05, 0) is 84.0 Å². The van der Waals surface area contributed by atoms with Crippen LogP contribution < -0.4 is 0 Å². The molecule has 0 amide bonds. The van der Waals surface area contributed by atoms with Crippen LogP contribution in [0.4, 0.5) is 0 Å². The number of rotatable bonds is 14. The van der Waals surface area contributed by atoms with Gasteiger partial charge in [-0.15, -0.1) is 0 Å². The van der Waals surface area contributed by atoms with Gasteiger partial charge in [-0.25, -0.2) is 0 Å². The maximum absolute atomic E-state index is 10.3. The smallest absolute Gasteiger partial charge is 0.115 e. The molecule has 0 saturated heterocycles. The van der Waals surface area contributed by atoms with Gasteiger partial charge in [-0.3, -0.25) is 0 Å². The number of phenolic OH excluding ortho intramolecular Hbond substituents is 2. The molecule has 0 aliphatic carbocycles. The minimum Gasteiger partial charge on any atom is -0.508 e. The molecule has 0 fully saturated rings. The molecule has 2 atom stereocenters. The number of aromatic hydroxyl groups is 2. The summed E-state index contributed by atoms with van der Waals surface area (Å²) in [5.41, 5.74) is 4.87. The van der Waals surface area contributed by atoms with Crippen molar-refractivity contribution in [1.29, 1.82) is 0 Å². The Kier molecular flexibility index (Phi) is 10.8. The van der Waals surface area contributed by atoms with Gasteiger partial charge < -0.3 is 10.2 Å². The predicted molar refractivity (Wildman–Crippen MR) is 142 cm³/mol. The Bertz CT molecular complexity index is 782. The Morgan fingerprint density at radius 3 is 1.42 bits per heavy atom. The van der Waals surface area contributed by atoms with Gasteiger partial charge in [0.25, 0.3) is 0 Å². The number of hydrogen-bond acceptors (Lipinski definition) is 2. The van der Waals surface area contributed by atoms with Crippen LogP contribution >= 0.6 is 0 Å². The maximum Gasteiger partial charge on any atom is 0.115 e. The lowest BCUT2D eigenvalue weighted by Crippen LogP contribution is -2.23.